The summed E-state index contributed by atoms with van der Waals surface area (Å²) < 4.78 is 10.9. The number of ether oxygens (including phenoxy) is 2. The Morgan fingerprint density at radius 2 is 1.60 bits per heavy atom. The standard InChI is InChI=1S/C18H18O2/c1-19-18(17-11-6-3-7-12-17)13-8-14-20-15-16-9-4-2-5-10-16/h2-7,9-12,18H,14-15H2,1H3. The largest absolute Gasteiger partial charge is 0.364 e. The fourth-order valence-corrected chi connectivity index (χ4v) is 1.83. The Balaban J connectivity index is 1.81. The lowest BCUT2D eigenvalue weighted by atomic mass is 10.1. The SMILES string of the molecule is COC(C#CCOCc1ccccc1)c1ccccc1. The lowest BCUT2D eigenvalue weighted by Gasteiger charge is -2.08. The van der Waals surface area contributed by atoms with E-state index >= 15 is 0 Å². The highest BCUT2D eigenvalue weighted by Gasteiger charge is 2.04. The predicted octanol–water partition coefficient (Wildman–Crippen LogP) is 3.59. The van der Waals surface area contributed by atoms with Crippen LogP contribution in [0.15, 0.2) is 60.7 Å². The van der Waals surface area contributed by atoms with Crippen molar-refractivity contribution in [3.63, 3.8) is 0 Å². The van der Waals surface area contributed by atoms with Crippen LogP contribution in [0.25, 0.3) is 0 Å². The van der Waals surface area contributed by atoms with Crippen molar-refractivity contribution in [2.24, 2.45) is 0 Å². The molecule has 1 unspecified atom stereocenters. The highest BCUT2D eigenvalue weighted by atomic mass is 16.5. The van der Waals surface area contributed by atoms with Crippen LogP contribution in [0.4, 0.5) is 0 Å². The summed E-state index contributed by atoms with van der Waals surface area (Å²) in [6.07, 6.45) is -0.198. The van der Waals surface area contributed by atoms with E-state index in [9.17, 15) is 0 Å². The molecular formula is C18H18O2. The molecule has 0 heterocycles. The second-order valence-corrected chi connectivity index (χ2v) is 4.33. The summed E-state index contributed by atoms with van der Waals surface area (Å²) >= 11 is 0. The molecule has 0 spiro atoms. The summed E-state index contributed by atoms with van der Waals surface area (Å²) in [6.45, 7) is 0.986. The minimum absolute atomic E-state index is 0.198. The van der Waals surface area contributed by atoms with E-state index in [2.05, 4.69) is 11.8 Å². The van der Waals surface area contributed by atoms with Gasteiger partial charge in [0.05, 0.1) is 6.61 Å². The van der Waals surface area contributed by atoms with Crippen LogP contribution in [0.1, 0.15) is 17.2 Å². The van der Waals surface area contributed by atoms with E-state index in [1.165, 1.54) is 0 Å². The zero-order valence-electron chi connectivity index (χ0n) is 11.6. The first kappa shape index (κ1) is 14.3. The fourth-order valence-electron chi connectivity index (χ4n) is 1.83. The van der Waals surface area contributed by atoms with Crippen molar-refractivity contribution in [2.75, 3.05) is 13.7 Å². The van der Waals surface area contributed by atoms with E-state index < -0.39 is 0 Å². The summed E-state index contributed by atoms with van der Waals surface area (Å²) in [5, 5.41) is 0. The summed E-state index contributed by atoms with van der Waals surface area (Å²) in [4.78, 5) is 0. The third-order valence-electron chi connectivity index (χ3n) is 2.86. The zero-order valence-corrected chi connectivity index (χ0v) is 11.6. The van der Waals surface area contributed by atoms with E-state index in [4.69, 9.17) is 9.47 Å². The molecule has 0 aromatic heterocycles. The van der Waals surface area contributed by atoms with Crippen LogP contribution in [0.3, 0.4) is 0 Å². The number of hydrogen-bond donors (Lipinski definition) is 0. The molecule has 0 aliphatic rings. The van der Waals surface area contributed by atoms with E-state index in [0.29, 0.717) is 13.2 Å². The molecule has 0 fully saturated rings. The lowest BCUT2D eigenvalue weighted by Crippen LogP contribution is -1.99. The maximum atomic E-state index is 5.52. The van der Waals surface area contributed by atoms with Gasteiger partial charge in [0.1, 0.15) is 12.7 Å². The van der Waals surface area contributed by atoms with Crippen LogP contribution in [-0.2, 0) is 16.1 Å². The summed E-state index contributed by atoms with van der Waals surface area (Å²) in [7, 11) is 1.66. The van der Waals surface area contributed by atoms with Gasteiger partial charge in [-0.15, -0.1) is 0 Å². The van der Waals surface area contributed by atoms with Crippen LogP contribution in [0.5, 0.6) is 0 Å². The van der Waals surface area contributed by atoms with Gasteiger partial charge >= 0.3 is 0 Å². The molecule has 1 atom stereocenters. The van der Waals surface area contributed by atoms with Gasteiger partial charge < -0.3 is 9.47 Å². The number of hydrogen-bond acceptors (Lipinski definition) is 2. The Kier molecular flexibility index (Phi) is 5.85. The number of benzene rings is 2. The van der Waals surface area contributed by atoms with Crippen LogP contribution in [0.2, 0.25) is 0 Å². The first-order valence-corrected chi connectivity index (χ1v) is 6.58. The Bertz CT molecular complexity index is 552. The number of methoxy groups -OCH3 is 1. The predicted molar refractivity (Wildman–Crippen MR) is 80.1 cm³/mol. The molecule has 0 aliphatic carbocycles. The smallest absolute Gasteiger partial charge is 0.143 e. The molecule has 0 saturated heterocycles. The fraction of sp³-hybridized carbons (Fsp3) is 0.222. The zero-order chi connectivity index (χ0) is 14.0. The third-order valence-corrected chi connectivity index (χ3v) is 2.86. The Morgan fingerprint density at radius 1 is 0.950 bits per heavy atom. The maximum Gasteiger partial charge on any atom is 0.143 e. The van der Waals surface area contributed by atoms with Gasteiger partial charge in [-0.2, -0.15) is 0 Å². The van der Waals surface area contributed by atoms with Gasteiger partial charge in [0.25, 0.3) is 0 Å². The van der Waals surface area contributed by atoms with Crippen molar-refractivity contribution < 1.29 is 9.47 Å². The van der Waals surface area contributed by atoms with Crippen LogP contribution in [-0.4, -0.2) is 13.7 Å². The molecule has 0 aliphatic heterocycles. The van der Waals surface area contributed by atoms with Crippen molar-refractivity contribution in [2.45, 2.75) is 12.7 Å². The quantitative estimate of drug-likeness (QED) is 0.608. The summed E-state index contributed by atoms with van der Waals surface area (Å²) in [5.41, 5.74) is 2.21. The second kappa shape index (κ2) is 8.16. The normalized spacial score (nSPS) is 11.4. The third kappa shape index (κ3) is 4.55. The van der Waals surface area contributed by atoms with Crippen LogP contribution in [0, 0.1) is 11.8 Å². The van der Waals surface area contributed by atoms with E-state index in [0.717, 1.165) is 11.1 Å². The Hall–Kier alpha value is -2.08. The summed E-state index contributed by atoms with van der Waals surface area (Å²) in [5.74, 6) is 6.08. The Morgan fingerprint density at radius 3 is 2.25 bits per heavy atom. The van der Waals surface area contributed by atoms with E-state index in [-0.39, 0.29) is 6.10 Å². The first-order valence-electron chi connectivity index (χ1n) is 6.58. The molecule has 0 amide bonds. The maximum absolute atomic E-state index is 5.52. The molecular weight excluding hydrogens is 248 g/mol. The van der Waals surface area contributed by atoms with Gasteiger partial charge in [-0.1, -0.05) is 72.5 Å². The molecule has 2 aromatic carbocycles. The molecule has 0 saturated carbocycles. The first-order chi connectivity index (χ1) is 9.90. The average Bonchev–Trinajstić information content (AvgIpc) is 2.53. The molecule has 2 heteroatoms. The topological polar surface area (TPSA) is 18.5 Å². The molecule has 0 bridgehead atoms. The van der Waals surface area contributed by atoms with E-state index in [1.54, 1.807) is 7.11 Å². The minimum atomic E-state index is -0.198. The van der Waals surface area contributed by atoms with Gasteiger partial charge in [0, 0.05) is 7.11 Å². The lowest BCUT2D eigenvalue weighted by molar-refractivity contribution is 0.145. The van der Waals surface area contributed by atoms with Crippen molar-refractivity contribution in [3.05, 3.63) is 71.8 Å². The second-order valence-electron chi connectivity index (χ2n) is 4.33. The van der Waals surface area contributed by atoms with Crippen LogP contribution < -0.4 is 0 Å². The van der Waals surface area contributed by atoms with Gasteiger partial charge in [0.15, 0.2) is 0 Å². The van der Waals surface area contributed by atoms with Gasteiger partial charge in [0.2, 0.25) is 0 Å². The molecule has 102 valence electrons. The van der Waals surface area contributed by atoms with Gasteiger partial charge in [-0.3, -0.25) is 0 Å². The average molecular weight is 266 g/mol. The van der Waals surface area contributed by atoms with Crippen LogP contribution >= 0.6 is 0 Å². The summed E-state index contributed by atoms with van der Waals surface area (Å²) in [6, 6.07) is 20.0. The van der Waals surface area contributed by atoms with Gasteiger partial charge in [-0.25, -0.2) is 0 Å². The monoisotopic (exact) mass is 266 g/mol. The Labute approximate surface area is 120 Å². The highest BCUT2D eigenvalue weighted by molar-refractivity contribution is 5.25. The molecule has 2 rings (SSSR count). The minimum Gasteiger partial charge on any atom is -0.364 e. The van der Waals surface area contributed by atoms with Gasteiger partial charge in [-0.05, 0) is 11.1 Å². The molecule has 0 radical (unpaired) electrons. The van der Waals surface area contributed by atoms with Crippen molar-refractivity contribution >= 4 is 0 Å². The van der Waals surface area contributed by atoms with E-state index in [1.807, 2.05) is 60.7 Å². The molecule has 2 aromatic rings. The van der Waals surface area contributed by atoms with Crippen molar-refractivity contribution in [1.29, 1.82) is 0 Å². The van der Waals surface area contributed by atoms with Crippen molar-refractivity contribution in [1.82, 2.24) is 0 Å². The molecule has 20 heavy (non-hydrogen) atoms. The van der Waals surface area contributed by atoms with Crippen molar-refractivity contribution in [3.8, 4) is 11.8 Å². The highest BCUT2D eigenvalue weighted by Crippen LogP contribution is 2.14. The molecule has 0 N–H and O–H groups in total. The molecule has 2 nitrogen and oxygen atoms in total. The number of rotatable bonds is 5.